The van der Waals surface area contributed by atoms with E-state index in [2.05, 4.69) is 0 Å². The van der Waals surface area contributed by atoms with Crippen LogP contribution in [0.15, 0.2) is 11.8 Å². The van der Waals surface area contributed by atoms with E-state index in [1.165, 1.54) is 19.3 Å². The van der Waals surface area contributed by atoms with Crippen molar-refractivity contribution in [2.75, 3.05) is 0 Å². The van der Waals surface area contributed by atoms with Crippen LogP contribution in [-0.2, 0) is 0 Å². The number of rotatable bonds is 2. The van der Waals surface area contributed by atoms with Crippen LogP contribution in [0.1, 0.15) is 26.2 Å². The second-order valence-electron chi connectivity index (χ2n) is 3.02. The third kappa shape index (κ3) is 1.59. The fourth-order valence-corrected chi connectivity index (χ4v) is 1.12. The predicted octanol–water partition coefficient (Wildman–Crippen LogP) is -0.151. The lowest BCUT2D eigenvalue weighted by molar-refractivity contribution is -0.120. The molecule has 1 aliphatic carbocycles. The van der Waals surface area contributed by atoms with E-state index in [0.29, 0.717) is 5.92 Å². The van der Waals surface area contributed by atoms with Gasteiger partial charge in [-0.25, -0.2) is 0 Å². The molecule has 0 radical (unpaired) electrons. The van der Waals surface area contributed by atoms with Crippen molar-refractivity contribution in [1.29, 1.82) is 0 Å². The molecule has 0 aromatic rings. The minimum Gasteiger partial charge on any atom is -0.402 e. The molecule has 4 N–H and O–H groups in total. The Labute approximate surface area is 61.6 Å². The highest BCUT2D eigenvalue weighted by atomic mass is 14.6. The van der Waals surface area contributed by atoms with Crippen LogP contribution in [0.5, 0.6) is 0 Å². The van der Waals surface area contributed by atoms with E-state index in [-0.39, 0.29) is 0 Å². The van der Waals surface area contributed by atoms with Crippen molar-refractivity contribution in [3.05, 3.63) is 11.8 Å². The van der Waals surface area contributed by atoms with Crippen LogP contribution in [0, 0.1) is 5.92 Å². The lowest BCUT2D eigenvalue weighted by Crippen LogP contribution is -2.45. The summed E-state index contributed by atoms with van der Waals surface area (Å²) in [5.41, 5.74) is 7.24. The molecule has 1 fully saturated rings. The molecule has 2 heteroatoms. The normalized spacial score (nSPS) is 20.3. The molecule has 0 spiro atoms. The molecule has 0 atom stereocenters. The van der Waals surface area contributed by atoms with Gasteiger partial charge in [0.25, 0.3) is 0 Å². The fraction of sp³-hybridized carbons (Fsp3) is 0.625. The van der Waals surface area contributed by atoms with Gasteiger partial charge in [0, 0.05) is 17.7 Å². The molecule has 0 bridgehead atoms. The van der Waals surface area contributed by atoms with Crippen LogP contribution >= 0.6 is 0 Å². The maximum absolute atomic E-state index is 5.74. The van der Waals surface area contributed by atoms with E-state index in [1.807, 2.05) is 13.0 Å². The van der Waals surface area contributed by atoms with Gasteiger partial charge in [-0.1, -0.05) is 6.42 Å². The van der Waals surface area contributed by atoms with Gasteiger partial charge < -0.3 is 5.73 Å². The second-order valence-corrected chi connectivity index (χ2v) is 3.02. The molecule has 0 heterocycles. The molecule has 0 aliphatic heterocycles. The summed E-state index contributed by atoms with van der Waals surface area (Å²) < 4.78 is 0. The van der Waals surface area contributed by atoms with Crippen molar-refractivity contribution in [2.24, 2.45) is 11.7 Å². The maximum atomic E-state index is 5.74. The monoisotopic (exact) mass is 139 g/mol. The number of nitrogens with two attached hydrogens (primary N) is 2. The summed E-state index contributed by atoms with van der Waals surface area (Å²) in [4.78, 5) is 0. The molecule has 1 saturated carbocycles. The van der Waals surface area contributed by atoms with Crippen LogP contribution in [0.3, 0.4) is 0 Å². The van der Waals surface area contributed by atoms with Crippen molar-refractivity contribution < 1.29 is 5.41 Å². The number of hydrogen-bond acceptors (Lipinski definition) is 1. The van der Waals surface area contributed by atoms with Gasteiger partial charge in [-0.2, -0.15) is 0 Å². The van der Waals surface area contributed by atoms with Gasteiger partial charge >= 0.3 is 0 Å². The average molecular weight is 139 g/mol. The van der Waals surface area contributed by atoms with Crippen molar-refractivity contribution in [2.45, 2.75) is 26.2 Å². The third-order valence-electron chi connectivity index (χ3n) is 1.97. The maximum Gasteiger partial charge on any atom is 0.177 e. The first-order valence-corrected chi connectivity index (χ1v) is 3.76. The van der Waals surface area contributed by atoms with E-state index in [4.69, 9.17) is 11.1 Å². The van der Waals surface area contributed by atoms with Gasteiger partial charge in [0.2, 0.25) is 0 Å². The van der Waals surface area contributed by atoms with E-state index in [0.717, 1.165) is 11.4 Å². The smallest absolute Gasteiger partial charge is 0.177 e. The Morgan fingerprint density at radius 3 is 2.50 bits per heavy atom. The van der Waals surface area contributed by atoms with Crippen LogP contribution in [0.4, 0.5) is 0 Å². The minimum absolute atomic E-state index is 0.624. The Morgan fingerprint density at radius 2 is 2.20 bits per heavy atom. The summed E-state index contributed by atoms with van der Waals surface area (Å²) >= 11 is 0. The van der Waals surface area contributed by atoms with Crippen LogP contribution in [-0.4, -0.2) is 5.71 Å². The molecule has 0 amide bonds. The first kappa shape index (κ1) is 7.32. The molecule has 0 saturated heterocycles. The Balaban J connectivity index is 2.41. The molecule has 10 heavy (non-hydrogen) atoms. The van der Waals surface area contributed by atoms with E-state index in [9.17, 15) is 0 Å². The van der Waals surface area contributed by atoms with Crippen molar-refractivity contribution in [3.8, 4) is 0 Å². The summed E-state index contributed by atoms with van der Waals surface area (Å²) in [7, 11) is 0. The van der Waals surface area contributed by atoms with Crippen molar-refractivity contribution >= 4 is 5.71 Å². The summed E-state index contributed by atoms with van der Waals surface area (Å²) in [5.74, 6) is 0.624. The van der Waals surface area contributed by atoms with E-state index in [1.54, 1.807) is 0 Å². The first-order valence-electron chi connectivity index (χ1n) is 3.76. The third-order valence-corrected chi connectivity index (χ3v) is 1.97. The molecule has 1 rings (SSSR count). The van der Waals surface area contributed by atoms with Crippen LogP contribution in [0.2, 0.25) is 0 Å². The van der Waals surface area contributed by atoms with Crippen molar-refractivity contribution in [1.82, 2.24) is 0 Å². The molecule has 1 aliphatic rings. The Morgan fingerprint density at radius 1 is 1.60 bits per heavy atom. The van der Waals surface area contributed by atoms with Gasteiger partial charge in [0.1, 0.15) is 0 Å². The largest absolute Gasteiger partial charge is 0.402 e. The molecule has 2 nitrogen and oxygen atoms in total. The van der Waals surface area contributed by atoms with E-state index >= 15 is 0 Å². The fourth-order valence-electron chi connectivity index (χ4n) is 1.12. The highest BCUT2D eigenvalue weighted by Crippen LogP contribution is 2.26. The summed E-state index contributed by atoms with van der Waals surface area (Å²) in [5, 5.41) is 5.74. The van der Waals surface area contributed by atoms with Crippen molar-refractivity contribution in [3.63, 3.8) is 0 Å². The second kappa shape index (κ2) is 2.86. The topological polar surface area (TPSA) is 51.6 Å². The highest BCUT2D eigenvalue weighted by Gasteiger charge is 2.24. The number of allylic oxidation sites excluding steroid dienone is 2. The first-order chi connectivity index (χ1) is 4.70. The Bertz CT molecular complexity index is 162. The van der Waals surface area contributed by atoms with E-state index < -0.39 is 0 Å². The van der Waals surface area contributed by atoms with Gasteiger partial charge in [0.15, 0.2) is 5.71 Å². The van der Waals surface area contributed by atoms with Crippen LogP contribution in [0.25, 0.3) is 0 Å². The quantitative estimate of drug-likeness (QED) is 0.513. The number of hydrogen-bond donors (Lipinski definition) is 2. The van der Waals surface area contributed by atoms with Gasteiger partial charge in [-0.3, -0.25) is 5.41 Å². The lowest BCUT2D eigenvalue weighted by atomic mass is 9.81. The van der Waals surface area contributed by atoms with Crippen LogP contribution < -0.4 is 11.1 Å². The zero-order valence-corrected chi connectivity index (χ0v) is 6.43. The molecular formula is C8H15N2+. The molecule has 0 aromatic heterocycles. The molecule has 0 unspecified atom stereocenters. The molecule has 56 valence electrons. The summed E-state index contributed by atoms with van der Waals surface area (Å²) in [6, 6.07) is 0. The predicted molar refractivity (Wildman–Crippen MR) is 42.2 cm³/mol. The van der Waals surface area contributed by atoms with Gasteiger partial charge in [-0.05, 0) is 19.8 Å². The minimum atomic E-state index is 0.624. The van der Waals surface area contributed by atoms with Gasteiger partial charge in [-0.15, -0.1) is 0 Å². The summed E-state index contributed by atoms with van der Waals surface area (Å²) in [6.07, 6.45) is 5.69. The average Bonchev–Trinajstić information content (AvgIpc) is 1.55. The highest BCUT2D eigenvalue weighted by molar-refractivity contribution is 5.92. The lowest BCUT2D eigenvalue weighted by Gasteiger charge is -2.21. The zero-order valence-electron chi connectivity index (χ0n) is 6.43. The summed E-state index contributed by atoms with van der Waals surface area (Å²) in [6.45, 7) is 1.87. The standard InChI is InChI=1S/C8H14N2/c1-6(9)5-8(10)7-3-2-4-7/h5,7,10H,2-4,9H2,1H3/p+1. The Hall–Kier alpha value is -0.790. The molecular weight excluding hydrogens is 124 g/mol. The van der Waals surface area contributed by atoms with Gasteiger partial charge in [0.05, 0.1) is 0 Å². The Kier molecular flexibility index (Phi) is 2.10. The zero-order chi connectivity index (χ0) is 7.56. The molecule has 0 aromatic carbocycles. The SMILES string of the molecule is CC(N)=CC(=[NH2+])C1CCC1.